The van der Waals surface area contributed by atoms with Gasteiger partial charge in [0.05, 0.1) is 18.2 Å². The molecule has 4 nitrogen and oxygen atoms in total. The zero-order valence-corrected chi connectivity index (χ0v) is 37.4. The van der Waals surface area contributed by atoms with Gasteiger partial charge >= 0.3 is 42.9 Å². The van der Waals surface area contributed by atoms with Crippen molar-refractivity contribution in [1.82, 2.24) is 0 Å². The fraction of sp³-hybridized carbons (Fsp3) is 0.149. The third kappa shape index (κ3) is 20.1. The van der Waals surface area contributed by atoms with Crippen molar-refractivity contribution in [3.8, 4) is 6.07 Å². The molecule has 0 aliphatic heterocycles. The summed E-state index contributed by atoms with van der Waals surface area (Å²) >= 11 is 0. The number of rotatable bonds is 10. The Bertz CT molecular complexity index is 2090. The minimum atomic E-state index is -6.00. The van der Waals surface area contributed by atoms with E-state index in [1.54, 1.807) is 6.07 Å². The molecule has 0 amide bonds. The molecule has 0 heterocycles. The molecular formula is C47H43B2F8FeN3OP2. The maximum Gasteiger partial charge on any atom is 2.00 e. The minimum Gasteiger partial charge on any atom is 2.00 e. The number of nitrogens with zero attached hydrogens (tertiary/aromatic N) is 3. The first kappa shape index (κ1) is 55.0. The molecule has 1 fully saturated rings. The third-order valence-electron chi connectivity index (χ3n) is 8.92. The maximum absolute atomic E-state index is 9.75. The number of nitriles is 1. The molecule has 0 spiro atoms. The van der Waals surface area contributed by atoms with E-state index in [9.17, 15) is 34.5 Å². The fourth-order valence-corrected chi connectivity index (χ4v) is 11.4. The van der Waals surface area contributed by atoms with Crippen molar-refractivity contribution in [2.24, 2.45) is 9.98 Å². The van der Waals surface area contributed by atoms with Gasteiger partial charge in [0.1, 0.15) is 0 Å². The Morgan fingerprint density at radius 1 is 0.500 bits per heavy atom. The van der Waals surface area contributed by atoms with Crippen LogP contribution in [0.4, 0.5) is 34.5 Å². The molecule has 6 aromatic carbocycles. The van der Waals surface area contributed by atoms with Gasteiger partial charge in [0, 0.05) is 30.5 Å². The van der Waals surface area contributed by atoms with E-state index in [-0.39, 0.29) is 29.2 Å². The molecule has 0 radical (unpaired) electrons. The molecule has 6 aromatic rings. The molecule has 1 aliphatic rings. The van der Waals surface area contributed by atoms with Gasteiger partial charge in [-0.1, -0.05) is 183 Å². The largest absolute Gasteiger partial charge is 2.00 e. The minimum absolute atomic E-state index is 0. The van der Waals surface area contributed by atoms with Crippen LogP contribution >= 0.6 is 15.8 Å². The monoisotopic (exact) mass is 957 g/mol. The Morgan fingerprint density at radius 3 is 0.969 bits per heavy atom. The maximum atomic E-state index is 9.75. The Kier molecular flexibility index (Phi) is 25.2. The molecular weight excluding hydrogens is 914 g/mol. The Balaban J connectivity index is 0.000000771. The Morgan fingerprint density at radius 2 is 0.719 bits per heavy atom. The summed E-state index contributed by atoms with van der Waals surface area (Å²) in [5.41, 5.74) is 2.40. The summed E-state index contributed by atoms with van der Waals surface area (Å²) in [6.07, 6.45) is 8.81. The Labute approximate surface area is 382 Å². The zero-order valence-electron chi connectivity index (χ0n) is 34.5. The molecule has 64 heavy (non-hydrogen) atoms. The van der Waals surface area contributed by atoms with Crippen LogP contribution in [-0.2, 0) is 21.7 Å². The summed E-state index contributed by atoms with van der Waals surface area (Å²) in [4.78, 5) is 10.6. The first-order valence-corrected chi connectivity index (χ1v) is 22.3. The van der Waals surface area contributed by atoms with Gasteiger partial charge in [-0.15, -0.1) is 0 Å². The van der Waals surface area contributed by atoms with Crippen molar-refractivity contribution < 1.29 is 56.2 Å². The van der Waals surface area contributed by atoms with E-state index in [4.69, 9.17) is 19.9 Å². The van der Waals surface area contributed by atoms with E-state index in [1.165, 1.54) is 62.7 Å². The normalized spacial score (nSPS) is 14.5. The van der Waals surface area contributed by atoms with Crippen molar-refractivity contribution in [2.75, 3.05) is 0 Å². The summed E-state index contributed by atoms with van der Waals surface area (Å²) in [6.45, 7) is 5.93. The number of hydrogen-bond acceptors (Lipinski definition) is 3. The average Bonchev–Trinajstić information content (AvgIpc) is 3.28. The molecule has 17 heteroatoms. The smallest absolute Gasteiger partial charge is 2.00 e. The molecule has 0 aromatic heterocycles. The summed E-state index contributed by atoms with van der Waals surface area (Å²) in [5.74, 6) is 0. The van der Waals surface area contributed by atoms with Crippen molar-refractivity contribution in [2.45, 2.75) is 44.7 Å². The Hall–Kier alpha value is -5.16. The average molecular weight is 957 g/mol. The van der Waals surface area contributed by atoms with Gasteiger partial charge in [-0.25, -0.2) is 0 Å². The molecule has 0 unspecified atom stereocenters. The van der Waals surface area contributed by atoms with E-state index in [1.807, 2.05) is 0 Å². The molecule has 1 saturated carbocycles. The van der Waals surface area contributed by atoms with E-state index in [0.717, 1.165) is 12.8 Å². The van der Waals surface area contributed by atoms with Gasteiger partial charge in [-0.05, 0) is 60.5 Å². The summed E-state index contributed by atoms with van der Waals surface area (Å²) < 4.78 is 85.5. The second-order valence-corrected chi connectivity index (χ2v) is 17.7. The molecule has 0 bridgehead atoms. The third-order valence-corrected chi connectivity index (χ3v) is 14.0. The molecule has 0 saturated heterocycles. The second-order valence-electron chi connectivity index (χ2n) is 13.3. The van der Waals surface area contributed by atoms with Crippen LogP contribution < -0.4 is 31.8 Å². The summed E-state index contributed by atoms with van der Waals surface area (Å²) in [6, 6.07) is 63.4. The zero-order chi connectivity index (χ0) is 46.1. The fourth-order valence-electron chi connectivity index (χ4n) is 6.55. The van der Waals surface area contributed by atoms with Crippen LogP contribution in [0.2, 0.25) is 0 Å². The van der Waals surface area contributed by atoms with Crippen LogP contribution in [0.5, 0.6) is 0 Å². The van der Waals surface area contributed by atoms with Crippen LogP contribution in [0, 0.1) is 18.0 Å². The molecule has 0 N–H and O–H groups in total. The van der Waals surface area contributed by atoms with Crippen LogP contribution in [0.3, 0.4) is 0 Å². The number of aliphatic imine (C=N–C) groups is 2. The van der Waals surface area contributed by atoms with Crippen LogP contribution in [0.15, 0.2) is 180 Å². The molecule has 1 aliphatic carbocycles. The summed E-state index contributed by atoms with van der Waals surface area (Å²) in [5, 5.41) is 15.4. The topological polar surface area (TPSA) is 68.4 Å². The van der Waals surface area contributed by atoms with Gasteiger partial charge in [-0.3, -0.25) is 9.98 Å². The number of hydrogen-bond donors (Lipinski definition) is 0. The van der Waals surface area contributed by atoms with E-state index < -0.39 is 30.4 Å². The van der Waals surface area contributed by atoms with Crippen molar-refractivity contribution >= 4 is 74.6 Å². The SMILES string of the molecule is C(=N[C@@H]1CCCC[C@H]1N=Cc1ccccc1P(c1ccccc1)c1ccccc1)c1ccccc1P(c1ccccc1)c1ccccc1.CC#N.F[B-](F)(F)F.F[B-](F)(F)F.[C-]#[O+].[Fe+2]. The van der Waals surface area contributed by atoms with E-state index >= 15 is 0 Å². The summed E-state index contributed by atoms with van der Waals surface area (Å²) in [7, 11) is -13.4. The molecule has 332 valence electrons. The quantitative estimate of drug-likeness (QED) is 0.0337. The van der Waals surface area contributed by atoms with E-state index in [2.05, 4.69) is 189 Å². The van der Waals surface area contributed by atoms with Crippen molar-refractivity contribution in [3.63, 3.8) is 0 Å². The molecule has 2 atom stereocenters. The van der Waals surface area contributed by atoms with Gasteiger partial charge in [0.25, 0.3) is 0 Å². The number of halogens is 8. The predicted molar refractivity (Wildman–Crippen MR) is 247 cm³/mol. The van der Waals surface area contributed by atoms with Gasteiger partial charge < -0.3 is 34.5 Å². The van der Waals surface area contributed by atoms with Crippen LogP contribution in [0.25, 0.3) is 0 Å². The van der Waals surface area contributed by atoms with Crippen LogP contribution in [0.1, 0.15) is 43.7 Å². The standard InChI is InChI=1S/C44H40N2P2.C2H3N.CO.2BF4.Fe/c1-5-21-37(22-6-1)47(38-23-7-2-8-24-38)43-31-17-13-19-35(43)33-45-41-29-15-16-30-42(41)46-34-36-20-14-18-32-44(36)48(39-25-9-3-10-26-39)40-27-11-4-12-28-40;1-2-3;1-2;2*2-1(3,4)5;/h1-14,17-28,31-34,41-42H,15-16,29-30H2;1H3;;;;/q;;;2*-1;+2/t41-,42-;;;;;/m1...../s1. The van der Waals surface area contributed by atoms with Gasteiger partial charge in [0.15, 0.2) is 0 Å². The van der Waals surface area contributed by atoms with E-state index in [0.29, 0.717) is 0 Å². The van der Waals surface area contributed by atoms with Crippen molar-refractivity contribution in [3.05, 3.63) is 188 Å². The first-order chi connectivity index (χ1) is 30.3. The van der Waals surface area contributed by atoms with Gasteiger partial charge in [0.2, 0.25) is 0 Å². The van der Waals surface area contributed by atoms with Crippen LogP contribution in [-0.4, -0.2) is 39.0 Å². The number of benzene rings is 6. The van der Waals surface area contributed by atoms with Gasteiger partial charge in [-0.2, -0.15) is 5.26 Å². The first-order valence-electron chi connectivity index (χ1n) is 19.6. The predicted octanol–water partition coefficient (Wildman–Crippen LogP) is 11.1. The van der Waals surface area contributed by atoms with Crippen molar-refractivity contribution in [1.29, 1.82) is 5.26 Å². The molecule has 7 rings (SSSR count). The second kappa shape index (κ2) is 29.3.